The summed E-state index contributed by atoms with van der Waals surface area (Å²) < 4.78 is 9.06. The van der Waals surface area contributed by atoms with Crippen LogP contribution in [0.1, 0.15) is 11.1 Å². The molecule has 0 aliphatic heterocycles. The van der Waals surface area contributed by atoms with Crippen molar-refractivity contribution in [2.24, 2.45) is 0 Å². The monoisotopic (exact) mass is 220 g/mol. The molecule has 1 rings (SSSR count). The zero-order valence-corrected chi connectivity index (χ0v) is 8.90. The van der Waals surface area contributed by atoms with E-state index in [0.717, 1.165) is 11.1 Å². The molecule has 5 heteroatoms. The Morgan fingerprint density at radius 1 is 1.50 bits per heavy atom. The Morgan fingerprint density at radius 2 is 2.25 bits per heavy atom. The molecule has 0 radical (unpaired) electrons. The number of amides is 1. The van der Waals surface area contributed by atoms with E-state index in [1.807, 2.05) is 24.3 Å². The van der Waals surface area contributed by atoms with Crippen molar-refractivity contribution in [1.82, 2.24) is 5.32 Å². The van der Waals surface area contributed by atoms with Gasteiger partial charge in [0.2, 0.25) is 0 Å². The molecule has 0 spiro atoms. The largest absolute Gasteiger partial charge is 0.453 e. The maximum atomic E-state index is 10.8. The number of nitrogens with one attached hydrogen (secondary N) is 1. The first-order chi connectivity index (χ1) is 7.76. The van der Waals surface area contributed by atoms with Gasteiger partial charge >= 0.3 is 6.09 Å². The van der Waals surface area contributed by atoms with Gasteiger partial charge in [0, 0.05) is 6.54 Å². The molecular formula is C11H12N2O3. The normalized spacial score (nSPS) is 9.00. The summed E-state index contributed by atoms with van der Waals surface area (Å²) in [6.45, 7) is 0.621. The molecule has 0 atom stereocenters. The van der Waals surface area contributed by atoms with Gasteiger partial charge in [-0.1, -0.05) is 24.3 Å². The lowest BCUT2D eigenvalue weighted by Crippen LogP contribution is -2.22. The lowest BCUT2D eigenvalue weighted by atomic mass is 10.1. The molecule has 84 valence electrons. The molecule has 0 aromatic heterocycles. The van der Waals surface area contributed by atoms with E-state index in [2.05, 4.69) is 14.8 Å². The second kappa shape index (κ2) is 6.30. The van der Waals surface area contributed by atoms with Crippen molar-refractivity contribution < 1.29 is 14.3 Å². The molecular weight excluding hydrogens is 208 g/mol. The Hall–Kier alpha value is -2.22. The van der Waals surface area contributed by atoms with Crippen LogP contribution in [-0.2, 0) is 22.6 Å². The molecule has 0 fully saturated rings. The quantitative estimate of drug-likeness (QED) is 0.781. The Kier molecular flexibility index (Phi) is 4.67. The first-order valence-corrected chi connectivity index (χ1v) is 4.66. The van der Waals surface area contributed by atoms with Crippen LogP contribution in [0.3, 0.4) is 0 Å². The van der Waals surface area contributed by atoms with Crippen LogP contribution in [-0.4, -0.2) is 13.2 Å². The number of carbonyl (C=O) groups is 1. The van der Waals surface area contributed by atoms with Crippen LogP contribution in [0.25, 0.3) is 0 Å². The van der Waals surface area contributed by atoms with Gasteiger partial charge in [-0.2, -0.15) is 5.26 Å². The van der Waals surface area contributed by atoms with Crippen molar-refractivity contribution in [2.75, 3.05) is 7.11 Å². The van der Waals surface area contributed by atoms with Crippen LogP contribution in [0.2, 0.25) is 0 Å². The Balaban J connectivity index is 2.54. The number of methoxy groups -OCH3 is 1. The van der Waals surface area contributed by atoms with E-state index in [0.29, 0.717) is 6.54 Å². The summed E-state index contributed by atoms with van der Waals surface area (Å²) in [6, 6.07) is 7.41. The van der Waals surface area contributed by atoms with E-state index < -0.39 is 6.09 Å². The number of hydrogen-bond donors (Lipinski definition) is 1. The van der Waals surface area contributed by atoms with E-state index in [1.165, 1.54) is 7.11 Å². The molecule has 1 aromatic rings. The van der Waals surface area contributed by atoms with Crippen molar-refractivity contribution in [3.8, 4) is 6.26 Å². The SMILES string of the molecule is COC(=O)NCc1cccc(COC#N)c1. The van der Waals surface area contributed by atoms with Gasteiger partial charge in [0.25, 0.3) is 6.26 Å². The van der Waals surface area contributed by atoms with Crippen molar-refractivity contribution >= 4 is 6.09 Å². The summed E-state index contributed by atoms with van der Waals surface area (Å²) in [5, 5.41) is 10.8. The topological polar surface area (TPSA) is 71.3 Å². The van der Waals surface area contributed by atoms with E-state index in [9.17, 15) is 4.79 Å². The molecule has 0 aliphatic rings. The molecule has 16 heavy (non-hydrogen) atoms. The molecule has 1 N–H and O–H groups in total. The number of carbonyl (C=O) groups excluding carboxylic acids is 1. The summed E-state index contributed by atoms with van der Waals surface area (Å²) in [5.74, 6) is 0. The number of hydrogen-bond acceptors (Lipinski definition) is 4. The number of nitriles is 1. The maximum absolute atomic E-state index is 10.8. The van der Waals surface area contributed by atoms with Gasteiger partial charge in [-0.15, -0.1) is 0 Å². The summed E-state index contributed by atoms with van der Waals surface area (Å²) in [4.78, 5) is 10.8. The molecule has 0 unspecified atom stereocenters. The number of alkyl carbamates (subject to hydrolysis) is 1. The predicted molar refractivity (Wildman–Crippen MR) is 56.1 cm³/mol. The van der Waals surface area contributed by atoms with Crippen molar-refractivity contribution in [2.45, 2.75) is 13.2 Å². The van der Waals surface area contributed by atoms with Gasteiger partial charge in [-0.25, -0.2) is 4.79 Å². The highest BCUT2D eigenvalue weighted by Crippen LogP contribution is 2.06. The van der Waals surface area contributed by atoms with Crippen molar-refractivity contribution in [3.63, 3.8) is 0 Å². The van der Waals surface area contributed by atoms with Gasteiger partial charge in [0.05, 0.1) is 7.11 Å². The third kappa shape index (κ3) is 3.88. The van der Waals surface area contributed by atoms with Crippen LogP contribution in [0.15, 0.2) is 24.3 Å². The highest BCUT2D eigenvalue weighted by atomic mass is 16.5. The van der Waals surface area contributed by atoms with Gasteiger partial charge in [0.15, 0.2) is 0 Å². The summed E-state index contributed by atoms with van der Waals surface area (Å²) in [7, 11) is 1.31. The molecule has 0 bridgehead atoms. The Morgan fingerprint density at radius 3 is 2.94 bits per heavy atom. The van der Waals surface area contributed by atoms with Gasteiger partial charge in [-0.3, -0.25) is 0 Å². The van der Waals surface area contributed by atoms with Crippen molar-refractivity contribution in [1.29, 1.82) is 5.26 Å². The predicted octanol–water partition coefficient (Wildman–Crippen LogP) is 1.54. The summed E-state index contributed by atoms with van der Waals surface area (Å²) in [6.07, 6.45) is 1.13. The van der Waals surface area contributed by atoms with Crippen LogP contribution in [0.5, 0.6) is 0 Å². The van der Waals surface area contributed by atoms with E-state index in [-0.39, 0.29) is 6.61 Å². The molecule has 0 heterocycles. The third-order valence-electron chi connectivity index (χ3n) is 1.92. The number of nitrogens with zero attached hydrogens (tertiary/aromatic N) is 1. The maximum Gasteiger partial charge on any atom is 0.407 e. The molecule has 1 amide bonds. The lowest BCUT2D eigenvalue weighted by molar-refractivity contribution is 0.170. The zero-order chi connectivity index (χ0) is 11.8. The minimum atomic E-state index is -0.473. The smallest absolute Gasteiger partial charge is 0.407 e. The molecule has 0 saturated heterocycles. The van der Waals surface area contributed by atoms with Gasteiger partial charge < -0.3 is 14.8 Å². The van der Waals surface area contributed by atoms with Crippen LogP contribution in [0, 0.1) is 11.5 Å². The zero-order valence-electron chi connectivity index (χ0n) is 8.90. The average molecular weight is 220 g/mol. The fourth-order valence-corrected chi connectivity index (χ4v) is 1.19. The molecule has 1 aromatic carbocycles. The van der Waals surface area contributed by atoms with E-state index in [4.69, 9.17) is 5.26 Å². The Bertz CT molecular complexity index is 398. The molecule has 5 nitrogen and oxygen atoms in total. The van der Waals surface area contributed by atoms with Crippen molar-refractivity contribution in [3.05, 3.63) is 35.4 Å². The molecule has 0 aliphatic carbocycles. The first-order valence-electron chi connectivity index (χ1n) is 4.66. The second-order valence-corrected chi connectivity index (χ2v) is 3.05. The summed E-state index contributed by atoms with van der Waals surface area (Å²) >= 11 is 0. The molecule has 0 saturated carbocycles. The average Bonchev–Trinajstić information content (AvgIpc) is 2.34. The van der Waals surface area contributed by atoms with Crippen LogP contribution >= 0.6 is 0 Å². The number of rotatable bonds is 4. The highest BCUT2D eigenvalue weighted by molar-refractivity contribution is 5.66. The minimum Gasteiger partial charge on any atom is -0.453 e. The van der Waals surface area contributed by atoms with Gasteiger partial charge in [0.1, 0.15) is 6.61 Å². The van der Waals surface area contributed by atoms with Crippen LogP contribution < -0.4 is 5.32 Å². The van der Waals surface area contributed by atoms with Crippen LogP contribution in [0.4, 0.5) is 4.79 Å². The minimum absolute atomic E-state index is 0.239. The van der Waals surface area contributed by atoms with E-state index >= 15 is 0 Å². The standard InChI is InChI=1S/C11H12N2O3/c1-15-11(14)13-6-9-3-2-4-10(5-9)7-16-8-12/h2-5H,6-7H2,1H3,(H,13,14). The lowest BCUT2D eigenvalue weighted by Gasteiger charge is -2.05. The fourth-order valence-electron chi connectivity index (χ4n) is 1.19. The summed E-state index contributed by atoms with van der Waals surface area (Å²) in [5.41, 5.74) is 1.80. The first kappa shape index (κ1) is 11.9. The third-order valence-corrected chi connectivity index (χ3v) is 1.92. The van der Waals surface area contributed by atoms with Gasteiger partial charge in [-0.05, 0) is 11.1 Å². The number of benzene rings is 1. The fraction of sp³-hybridized carbons (Fsp3) is 0.273. The number of ether oxygens (including phenoxy) is 2. The van der Waals surface area contributed by atoms with E-state index in [1.54, 1.807) is 6.26 Å². The highest BCUT2D eigenvalue weighted by Gasteiger charge is 2.00. The second-order valence-electron chi connectivity index (χ2n) is 3.05. The Labute approximate surface area is 93.6 Å².